The Balaban J connectivity index is 2.41. The van der Waals surface area contributed by atoms with Crippen LogP contribution in [0.25, 0.3) is 0 Å². The van der Waals surface area contributed by atoms with E-state index in [1.807, 2.05) is 0 Å². The molecule has 1 amide bonds. The summed E-state index contributed by atoms with van der Waals surface area (Å²) in [5.74, 6) is 0. The summed E-state index contributed by atoms with van der Waals surface area (Å²) in [7, 11) is 0. The Morgan fingerprint density at radius 2 is 1.79 bits per heavy atom. The quantitative estimate of drug-likeness (QED) is 0.886. The summed E-state index contributed by atoms with van der Waals surface area (Å²) in [6, 6.07) is 5.45. The number of amides is 1. The van der Waals surface area contributed by atoms with Gasteiger partial charge in [-0.05, 0) is 39.2 Å². The van der Waals surface area contributed by atoms with E-state index in [1.165, 1.54) is 24.3 Å². The zero-order valence-electron chi connectivity index (χ0n) is 13.9. The molecule has 0 aliphatic carbocycles. The summed E-state index contributed by atoms with van der Waals surface area (Å²) in [6.07, 6.45) is -5.35. The summed E-state index contributed by atoms with van der Waals surface area (Å²) in [5, 5.41) is 10.7. The Bertz CT molecular complexity index is 583. The van der Waals surface area contributed by atoms with E-state index in [2.05, 4.69) is 0 Å². The predicted octanol–water partition coefficient (Wildman–Crippen LogP) is 3.84. The van der Waals surface area contributed by atoms with Gasteiger partial charge >= 0.3 is 12.3 Å². The standard InChI is InChI=1S/C17H22F3NO3/c1-15(2,3)24-14(22)21-11-7-10-13(21)16(23,17(18,19)20)12-8-5-4-6-9-12/h4-6,8-9,13,23H,7,10-11H2,1-3H3/t13-,16+/m1/s1. The number of nitrogens with zero attached hydrogens (tertiary/aromatic N) is 1. The molecule has 24 heavy (non-hydrogen) atoms. The van der Waals surface area contributed by atoms with Crippen LogP contribution in [0.5, 0.6) is 0 Å². The maximum atomic E-state index is 13.8. The number of aliphatic hydroxyl groups is 1. The molecule has 2 rings (SSSR count). The number of ether oxygens (including phenoxy) is 1. The van der Waals surface area contributed by atoms with Crippen molar-refractivity contribution in [2.75, 3.05) is 6.54 Å². The van der Waals surface area contributed by atoms with Gasteiger partial charge in [-0.3, -0.25) is 0 Å². The normalized spacial score (nSPS) is 21.5. The van der Waals surface area contributed by atoms with Crippen molar-refractivity contribution in [2.45, 2.75) is 57.0 Å². The fourth-order valence-corrected chi connectivity index (χ4v) is 2.98. The largest absolute Gasteiger partial charge is 0.444 e. The van der Waals surface area contributed by atoms with Crippen molar-refractivity contribution in [1.82, 2.24) is 4.90 Å². The highest BCUT2D eigenvalue weighted by molar-refractivity contribution is 5.69. The van der Waals surface area contributed by atoms with Gasteiger partial charge in [0, 0.05) is 6.54 Å². The molecule has 1 heterocycles. The monoisotopic (exact) mass is 345 g/mol. The lowest BCUT2D eigenvalue weighted by molar-refractivity contribution is -0.283. The molecule has 0 bridgehead atoms. The Kier molecular flexibility index (Phi) is 4.86. The average Bonchev–Trinajstić information content (AvgIpc) is 2.94. The first-order chi connectivity index (χ1) is 11.0. The van der Waals surface area contributed by atoms with Crippen LogP contribution in [-0.2, 0) is 10.3 Å². The van der Waals surface area contributed by atoms with Crippen molar-refractivity contribution < 1.29 is 27.8 Å². The van der Waals surface area contributed by atoms with Gasteiger partial charge in [-0.2, -0.15) is 13.2 Å². The molecule has 0 spiro atoms. The Labute approximate surface area is 139 Å². The average molecular weight is 345 g/mol. The second-order valence-electron chi connectivity index (χ2n) is 6.96. The first-order valence-corrected chi connectivity index (χ1v) is 7.81. The Morgan fingerprint density at radius 1 is 1.21 bits per heavy atom. The van der Waals surface area contributed by atoms with E-state index in [0.717, 1.165) is 4.90 Å². The van der Waals surface area contributed by atoms with Crippen molar-refractivity contribution >= 4 is 6.09 Å². The number of hydrogen-bond acceptors (Lipinski definition) is 3. The summed E-state index contributed by atoms with van der Waals surface area (Å²) in [6.45, 7) is 5.04. The molecule has 0 radical (unpaired) electrons. The lowest BCUT2D eigenvalue weighted by Gasteiger charge is -2.40. The van der Waals surface area contributed by atoms with Crippen molar-refractivity contribution in [1.29, 1.82) is 0 Å². The number of hydrogen-bond donors (Lipinski definition) is 1. The molecule has 0 unspecified atom stereocenters. The third-order valence-electron chi connectivity index (χ3n) is 4.01. The molecule has 0 saturated carbocycles. The molecule has 1 N–H and O–H groups in total. The summed E-state index contributed by atoms with van der Waals surface area (Å²) in [4.78, 5) is 13.3. The third-order valence-corrected chi connectivity index (χ3v) is 4.01. The zero-order chi connectivity index (χ0) is 18.2. The van der Waals surface area contributed by atoms with Gasteiger partial charge in [0.15, 0.2) is 0 Å². The summed E-state index contributed by atoms with van der Waals surface area (Å²) in [5.41, 5.74) is -4.24. The molecular formula is C17H22F3NO3. The molecule has 7 heteroatoms. The number of likely N-dealkylation sites (tertiary alicyclic amines) is 1. The van der Waals surface area contributed by atoms with Crippen LogP contribution in [0.3, 0.4) is 0 Å². The molecular weight excluding hydrogens is 323 g/mol. The van der Waals surface area contributed by atoms with Gasteiger partial charge in [0.2, 0.25) is 5.60 Å². The van der Waals surface area contributed by atoms with E-state index in [9.17, 15) is 23.1 Å². The van der Waals surface area contributed by atoms with Gasteiger partial charge in [-0.1, -0.05) is 30.3 Å². The van der Waals surface area contributed by atoms with Crippen LogP contribution in [-0.4, -0.2) is 40.5 Å². The minimum atomic E-state index is -4.93. The zero-order valence-corrected chi connectivity index (χ0v) is 13.9. The molecule has 1 fully saturated rings. The second kappa shape index (κ2) is 6.27. The first-order valence-electron chi connectivity index (χ1n) is 7.81. The fraction of sp³-hybridized carbons (Fsp3) is 0.588. The van der Waals surface area contributed by atoms with Crippen LogP contribution in [0.1, 0.15) is 39.2 Å². The highest BCUT2D eigenvalue weighted by atomic mass is 19.4. The van der Waals surface area contributed by atoms with Gasteiger partial charge in [0.05, 0.1) is 6.04 Å². The molecule has 1 aromatic rings. The highest BCUT2D eigenvalue weighted by Crippen LogP contribution is 2.46. The summed E-state index contributed by atoms with van der Waals surface area (Å²) >= 11 is 0. The third kappa shape index (κ3) is 3.50. The molecule has 2 atom stereocenters. The fourth-order valence-electron chi connectivity index (χ4n) is 2.98. The van der Waals surface area contributed by atoms with Gasteiger partial charge in [0.1, 0.15) is 5.60 Å². The summed E-state index contributed by atoms with van der Waals surface area (Å²) < 4.78 is 46.6. The Morgan fingerprint density at radius 3 is 2.29 bits per heavy atom. The molecule has 1 aliphatic rings. The maximum Gasteiger partial charge on any atom is 0.423 e. The van der Waals surface area contributed by atoms with E-state index < -0.39 is 29.5 Å². The predicted molar refractivity (Wildman–Crippen MR) is 82.4 cm³/mol. The van der Waals surface area contributed by atoms with Crippen LogP contribution in [0, 0.1) is 0 Å². The number of rotatable bonds is 2. The molecule has 0 aromatic heterocycles. The number of benzene rings is 1. The second-order valence-corrected chi connectivity index (χ2v) is 6.96. The van der Waals surface area contributed by atoms with E-state index >= 15 is 0 Å². The van der Waals surface area contributed by atoms with Crippen molar-refractivity contribution in [3.8, 4) is 0 Å². The van der Waals surface area contributed by atoms with E-state index in [-0.39, 0.29) is 18.5 Å². The van der Waals surface area contributed by atoms with Crippen LogP contribution >= 0.6 is 0 Å². The van der Waals surface area contributed by atoms with Gasteiger partial charge in [-0.15, -0.1) is 0 Å². The highest BCUT2D eigenvalue weighted by Gasteiger charge is 2.62. The molecule has 134 valence electrons. The molecule has 1 aliphatic heterocycles. The van der Waals surface area contributed by atoms with Gasteiger partial charge in [-0.25, -0.2) is 4.79 Å². The molecule has 1 saturated heterocycles. The van der Waals surface area contributed by atoms with Crippen molar-refractivity contribution in [3.05, 3.63) is 35.9 Å². The number of carbonyl (C=O) groups is 1. The molecule has 1 aromatic carbocycles. The minimum Gasteiger partial charge on any atom is -0.444 e. The topological polar surface area (TPSA) is 49.8 Å². The lowest BCUT2D eigenvalue weighted by Crippen LogP contribution is -2.58. The Hall–Kier alpha value is -1.76. The van der Waals surface area contributed by atoms with Gasteiger partial charge in [0.25, 0.3) is 0 Å². The number of alkyl halides is 3. The first kappa shape index (κ1) is 18.6. The van der Waals surface area contributed by atoms with Gasteiger partial charge < -0.3 is 14.7 Å². The lowest BCUT2D eigenvalue weighted by atomic mass is 9.84. The SMILES string of the molecule is CC(C)(C)OC(=O)N1CCC[C@@H]1[C@@](O)(c1ccccc1)C(F)(F)F. The minimum absolute atomic E-state index is 0.0458. The van der Waals surface area contributed by atoms with Crippen LogP contribution in [0.15, 0.2) is 30.3 Å². The number of carbonyl (C=O) groups excluding carboxylic acids is 1. The van der Waals surface area contributed by atoms with E-state index in [4.69, 9.17) is 4.74 Å². The smallest absolute Gasteiger partial charge is 0.423 e. The van der Waals surface area contributed by atoms with E-state index in [0.29, 0.717) is 6.42 Å². The number of halogens is 3. The van der Waals surface area contributed by atoms with Crippen molar-refractivity contribution in [3.63, 3.8) is 0 Å². The maximum absolute atomic E-state index is 13.8. The van der Waals surface area contributed by atoms with Crippen LogP contribution in [0.4, 0.5) is 18.0 Å². The van der Waals surface area contributed by atoms with E-state index in [1.54, 1.807) is 26.8 Å². The van der Waals surface area contributed by atoms with Crippen LogP contribution in [0.2, 0.25) is 0 Å². The van der Waals surface area contributed by atoms with Crippen LogP contribution < -0.4 is 0 Å². The molecule has 4 nitrogen and oxygen atoms in total. The van der Waals surface area contributed by atoms with Crippen molar-refractivity contribution in [2.24, 2.45) is 0 Å².